The summed E-state index contributed by atoms with van der Waals surface area (Å²) in [5, 5.41) is 0. The van der Waals surface area contributed by atoms with Crippen LogP contribution < -0.4 is 4.65 Å². The largest absolute Gasteiger partial charge is 0.363 e. The van der Waals surface area contributed by atoms with Gasteiger partial charge < -0.3 is 4.65 Å². The van der Waals surface area contributed by atoms with E-state index in [1.54, 1.807) is 0 Å². The molecule has 0 saturated heterocycles. The SMILES string of the molecule is [Si]N[Si]C(I)(I)CC(I)I. The van der Waals surface area contributed by atoms with Gasteiger partial charge in [0.05, 0.1) is 2.98 Å². The maximum atomic E-state index is 3.27. The lowest BCUT2D eigenvalue weighted by Gasteiger charge is -2.19. The third-order valence-corrected chi connectivity index (χ3v) is 5.11. The van der Waals surface area contributed by atoms with Crippen LogP contribution in [0.5, 0.6) is 0 Å². The third kappa shape index (κ3) is 7.94. The maximum Gasteiger partial charge on any atom is 0.162 e. The van der Waals surface area contributed by atoms with Crippen LogP contribution in [-0.2, 0) is 0 Å². The zero-order valence-corrected chi connectivity index (χ0v) is 15.4. The lowest BCUT2D eigenvalue weighted by atomic mass is 10.6. The van der Waals surface area contributed by atoms with Crippen LogP contribution in [0.3, 0.4) is 0 Å². The summed E-state index contributed by atoms with van der Waals surface area (Å²) in [6.07, 6.45) is 1.23. The highest BCUT2D eigenvalue weighted by molar-refractivity contribution is 14.2. The molecule has 7 heteroatoms. The average molecular weight is 618 g/mol. The molecule has 0 aliphatic rings. The number of rotatable bonds is 4. The van der Waals surface area contributed by atoms with E-state index in [0.717, 1.165) is 11.6 Å². The van der Waals surface area contributed by atoms with E-state index in [9.17, 15) is 0 Å². The summed E-state index contributed by atoms with van der Waals surface area (Å²) in [6, 6.07) is 0. The average Bonchev–Trinajstić information content (AvgIpc) is 1.59. The van der Waals surface area contributed by atoms with Gasteiger partial charge in [-0.1, -0.05) is 90.4 Å². The van der Waals surface area contributed by atoms with Crippen LogP contribution in [0.2, 0.25) is 0 Å². The lowest BCUT2D eigenvalue weighted by Crippen LogP contribution is -2.33. The highest BCUT2D eigenvalue weighted by Gasteiger charge is 2.24. The number of alkyl halides is 4. The molecule has 0 bridgehead atoms. The summed E-state index contributed by atoms with van der Waals surface area (Å²) in [5.41, 5.74) is 0. The van der Waals surface area contributed by atoms with Crippen LogP contribution in [0.15, 0.2) is 0 Å². The number of nitrogens with one attached hydrogen (secondary N) is 1. The van der Waals surface area contributed by atoms with Gasteiger partial charge in [-0.15, -0.1) is 0 Å². The zero-order valence-electron chi connectivity index (χ0n) is 4.80. The van der Waals surface area contributed by atoms with Crippen LogP contribution in [0.4, 0.5) is 0 Å². The molecule has 0 aliphatic carbocycles. The van der Waals surface area contributed by atoms with E-state index in [1.165, 1.54) is 6.42 Å². The fourth-order valence-electron chi connectivity index (χ4n) is 0.336. The fourth-order valence-corrected chi connectivity index (χ4v) is 10.2. The predicted molar refractivity (Wildman–Crippen MR) is 81.9 cm³/mol. The summed E-state index contributed by atoms with van der Waals surface area (Å²) in [5.74, 6) is 0. The molecule has 0 unspecified atom stereocenters. The van der Waals surface area contributed by atoms with Crippen LogP contribution in [-0.4, -0.2) is 23.1 Å². The number of hydrogen-bond donors (Lipinski definition) is 1. The fraction of sp³-hybridized carbons (Fsp3) is 1.00. The van der Waals surface area contributed by atoms with E-state index in [0.29, 0.717) is 1.05 Å². The van der Waals surface area contributed by atoms with E-state index in [-0.39, 0.29) is 0 Å². The predicted octanol–water partition coefficient (Wildman–Crippen LogP) is 2.39. The molecule has 1 N–H and O–H groups in total. The summed E-state index contributed by atoms with van der Waals surface area (Å²) in [6.45, 7) is 0. The third-order valence-electron chi connectivity index (χ3n) is 0.656. The van der Waals surface area contributed by atoms with Crippen molar-refractivity contribution >= 4 is 110 Å². The molecule has 10 heavy (non-hydrogen) atoms. The summed E-state index contributed by atoms with van der Waals surface area (Å²) in [7, 11) is 4.03. The van der Waals surface area contributed by atoms with Crippen molar-refractivity contribution in [2.75, 3.05) is 0 Å². The molecule has 0 saturated carbocycles. The first-order chi connectivity index (χ1) is 4.48. The molecule has 0 rings (SSSR count). The van der Waals surface area contributed by atoms with Crippen molar-refractivity contribution in [3.05, 3.63) is 0 Å². The first-order valence-corrected chi connectivity index (χ1v) is 8.47. The Kier molecular flexibility index (Phi) is 8.95. The Morgan fingerprint density at radius 1 is 1.50 bits per heavy atom. The zero-order chi connectivity index (χ0) is 8.20. The van der Waals surface area contributed by atoms with Crippen molar-refractivity contribution in [2.24, 2.45) is 0 Å². The molecule has 57 valence electrons. The number of hydrogen-bond acceptors (Lipinski definition) is 1. The minimum absolute atomic E-state index is 0.365. The van der Waals surface area contributed by atoms with Gasteiger partial charge in [0, 0.05) is 0 Å². The van der Waals surface area contributed by atoms with Crippen molar-refractivity contribution in [1.82, 2.24) is 4.65 Å². The topological polar surface area (TPSA) is 12.0 Å². The molecule has 0 aliphatic heterocycles. The van der Waals surface area contributed by atoms with Crippen LogP contribution in [0, 0.1) is 0 Å². The Balaban J connectivity index is 3.63. The van der Waals surface area contributed by atoms with Crippen molar-refractivity contribution in [3.63, 3.8) is 0 Å². The second-order valence-corrected chi connectivity index (χ2v) is 16.8. The second kappa shape index (κ2) is 6.72. The summed E-state index contributed by atoms with van der Waals surface area (Å²) >= 11 is 9.86. The maximum absolute atomic E-state index is 3.27. The summed E-state index contributed by atoms with van der Waals surface area (Å²) < 4.78 is 4.11. The minimum atomic E-state index is 0.365. The van der Waals surface area contributed by atoms with Gasteiger partial charge in [0.15, 0.2) is 9.68 Å². The highest BCUT2D eigenvalue weighted by atomic mass is 127. The quantitative estimate of drug-likeness (QED) is 0.291. The molecule has 5 radical (unpaired) electrons. The highest BCUT2D eigenvalue weighted by Crippen LogP contribution is 2.35. The monoisotopic (exact) mass is 618 g/mol. The van der Waals surface area contributed by atoms with Gasteiger partial charge in [-0.25, -0.2) is 0 Å². The number of halogens is 4. The Bertz CT molecular complexity index is 98.5. The van der Waals surface area contributed by atoms with E-state index >= 15 is 0 Å². The lowest BCUT2D eigenvalue weighted by molar-refractivity contribution is 1.05. The van der Waals surface area contributed by atoms with Gasteiger partial charge in [0.1, 0.15) is 10.4 Å². The van der Waals surface area contributed by atoms with E-state index in [4.69, 9.17) is 0 Å². The molecule has 0 heterocycles. The van der Waals surface area contributed by atoms with E-state index in [2.05, 4.69) is 105 Å². The van der Waals surface area contributed by atoms with Gasteiger partial charge >= 0.3 is 0 Å². The standard InChI is InChI=1S/C3H4I4NSi2/c4-2(5)1-3(6,7)10-8-9/h2,8H,1H2. The van der Waals surface area contributed by atoms with Crippen LogP contribution in [0.1, 0.15) is 6.42 Å². The Morgan fingerprint density at radius 3 is 2.30 bits per heavy atom. The first-order valence-electron chi connectivity index (χ1n) is 2.33. The van der Waals surface area contributed by atoms with E-state index < -0.39 is 0 Å². The van der Waals surface area contributed by atoms with Gasteiger partial charge in [0.2, 0.25) is 0 Å². The van der Waals surface area contributed by atoms with Crippen LogP contribution in [0.25, 0.3) is 0 Å². The van der Waals surface area contributed by atoms with Gasteiger partial charge in [-0.3, -0.25) is 0 Å². The molecule has 1 nitrogen and oxygen atoms in total. The van der Waals surface area contributed by atoms with Gasteiger partial charge in [0.25, 0.3) is 0 Å². The Morgan fingerprint density at radius 2 is 2.00 bits per heavy atom. The molecule has 0 spiro atoms. The molecule has 0 fully saturated rings. The smallest absolute Gasteiger partial charge is 0.162 e. The first kappa shape index (κ1) is 13.3. The second-order valence-electron chi connectivity index (χ2n) is 1.55. The van der Waals surface area contributed by atoms with E-state index in [1.807, 2.05) is 0 Å². The van der Waals surface area contributed by atoms with Gasteiger partial charge in [-0.2, -0.15) is 0 Å². The molecule has 0 aromatic carbocycles. The van der Waals surface area contributed by atoms with Crippen molar-refractivity contribution in [3.8, 4) is 0 Å². The Hall–Kier alpha value is 3.31. The molecule has 0 amide bonds. The molecular formula is C3H4I4NSi2. The molecule has 0 atom stereocenters. The van der Waals surface area contributed by atoms with Crippen LogP contribution >= 0.6 is 90.4 Å². The summed E-state index contributed by atoms with van der Waals surface area (Å²) in [4.78, 5) is 0. The molecule has 0 aromatic rings. The normalized spacial score (nSPS) is 12.6. The molecular weight excluding hydrogens is 614 g/mol. The minimum Gasteiger partial charge on any atom is -0.363 e. The van der Waals surface area contributed by atoms with Crippen molar-refractivity contribution in [2.45, 2.75) is 9.40 Å². The molecule has 0 aromatic heterocycles. The van der Waals surface area contributed by atoms with Crippen molar-refractivity contribution < 1.29 is 0 Å². The van der Waals surface area contributed by atoms with Crippen molar-refractivity contribution in [1.29, 1.82) is 0 Å². The Labute approximate surface area is 122 Å². The van der Waals surface area contributed by atoms with Gasteiger partial charge in [-0.05, 0) is 6.42 Å².